The second-order valence-corrected chi connectivity index (χ2v) is 11.6. The van der Waals surface area contributed by atoms with Crippen LogP contribution in [-0.4, -0.2) is 50.3 Å². The molecule has 13 heteroatoms. The molecule has 4 rings (SSSR count). The first kappa shape index (κ1) is 30.3. The van der Waals surface area contributed by atoms with Crippen molar-refractivity contribution in [3.05, 3.63) is 100 Å². The number of ether oxygens (including phenoxy) is 1. The number of alkyl halides is 6. The lowest BCUT2D eigenvalue weighted by Crippen LogP contribution is -2.49. The second kappa shape index (κ2) is 12.1. The minimum Gasteiger partial charge on any atom is -0.368 e. The normalized spacial score (nSPS) is 16.7. The summed E-state index contributed by atoms with van der Waals surface area (Å²) in [6.07, 6.45) is -9.49. The van der Waals surface area contributed by atoms with E-state index >= 15 is 0 Å². The molecule has 1 aliphatic rings. The first-order valence-electron chi connectivity index (χ1n) is 12.2. The molecule has 1 atom stereocenters. The lowest BCUT2D eigenvalue weighted by molar-refractivity contribution is -0.138. The lowest BCUT2D eigenvalue weighted by Gasteiger charge is -2.36. The summed E-state index contributed by atoms with van der Waals surface area (Å²) in [7, 11) is -3.98. The van der Waals surface area contributed by atoms with Gasteiger partial charge in [0.1, 0.15) is 0 Å². The molecule has 1 heterocycles. The minimum atomic E-state index is -4.57. The fourth-order valence-corrected chi connectivity index (χ4v) is 5.82. The molecule has 0 aliphatic carbocycles. The maximum Gasteiger partial charge on any atom is 0.416 e. The van der Waals surface area contributed by atoms with Gasteiger partial charge >= 0.3 is 12.4 Å². The van der Waals surface area contributed by atoms with Crippen molar-refractivity contribution >= 4 is 21.6 Å². The molecule has 5 nitrogen and oxygen atoms in total. The number of piperazine rings is 1. The van der Waals surface area contributed by atoms with E-state index in [1.807, 2.05) is 4.90 Å². The minimum absolute atomic E-state index is 0.0493. The largest absolute Gasteiger partial charge is 0.416 e. The van der Waals surface area contributed by atoms with Gasteiger partial charge in [-0.1, -0.05) is 35.9 Å². The predicted octanol–water partition coefficient (Wildman–Crippen LogP) is 6.64. The zero-order chi connectivity index (χ0) is 29.1. The van der Waals surface area contributed by atoms with Gasteiger partial charge in [0.25, 0.3) is 0 Å². The summed E-state index contributed by atoms with van der Waals surface area (Å²) >= 11 is 6.01. The molecule has 0 aromatic heterocycles. The van der Waals surface area contributed by atoms with Crippen LogP contribution in [0.15, 0.2) is 77.7 Å². The number of halogens is 7. The summed E-state index contributed by atoms with van der Waals surface area (Å²) < 4.78 is 110. The fraction of sp³-hybridized carbons (Fsp3) is 0.333. The van der Waals surface area contributed by atoms with E-state index in [1.165, 1.54) is 16.4 Å². The molecule has 0 spiro atoms. The summed E-state index contributed by atoms with van der Waals surface area (Å²) in [5, 5.41) is 0.521. The molecule has 3 aromatic rings. The van der Waals surface area contributed by atoms with Crippen LogP contribution in [0.1, 0.15) is 28.4 Å². The smallest absolute Gasteiger partial charge is 0.368 e. The van der Waals surface area contributed by atoms with Gasteiger partial charge in [-0.15, -0.1) is 0 Å². The Bertz CT molecular complexity index is 1370. The Hall–Kier alpha value is -2.64. The molecule has 0 bridgehead atoms. The Morgan fingerprint density at radius 2 is 1.25 bits per heavy atom. The maximum absolute atomic E-state index is 13.0. The van der Waals surface area contributed by atoms with Gasteiger partial charge in [-0.25, -0.2) is 8.42 Å². The predicted molar refractivity (Wildman–Crippen MR) is 137 cm³/mol. The van der Waals surface area contributed by atoms with Crippen LogP contribution in [-0.2, 0) is 33.7 Å². The molecule has 0 saturated carbocycles. The highest BCUT2D eigenvalue weighted by molar-refractivity contribution is 7.89. The van der Waals surface area contributed by atoms with Crippen LogP contribution >= 0.6 is 11.6 Å². The first-order chi connectivity index (χ1) is 18.7. The average molecular weight is 607 g/mol. The molecule has 0 amide bonds. The zero-order valence-electron chi connectivity index (χ0n) is 20.9. The van der Waals surface area contributed by atoms with Crippen molar-refractivity contribution in [2.24, 2.45) is 0 Å². The molecule has 40 heavy (non-hydrogen) atoms. The zero-order valence-corrected chi connectivity index (χ0v) is 22.5. The number of hydrogen-bond donors (Lipinski definition) is 0. The van der Waals surface area contributed by atoms with Crippen LogP contribution in [0.5, 0.6) is 0 Å². The summed E-state index contributed by atoms with van der Waals surface area (Å²) in [4.78, 5) is 1.78. The third kappa shape index (κ3) is 7.55. The van der Waals surface area contributed by atoms with E-state index in [1.54, 1.807) is 24.3 Å². The summed E-state index contributed by atoms with van der Waals surface area (Å²) in [6.45, 7) is 1.34. The van der Waals surface area contributed by atoms with Gasteiger partial charge in [-0.05, 0) is 59.7 Å². The number of rotatable bonds is 8. The standard InChI is InChI=1S/C27H25ClF6N2O3S/c28-23-9-3-20(4-10-23)25(39-18-19-1-5-21(6-2-19)26(29,30)31)17-35-13-15-36(16-14-35)40(37,38)24-11-7-22(8-12-24)27(32,33)34/h1-12,25H,13-18H2/t25-/m0/s1. The molecule has 1 fully saturated rings. The molecular weight excluding hydrogens is 582 g/mol. The van der Waals surface area contributed by atoms with Crippen LogP contribution < -0.4 is 0 Å². The van der Waals surface area contributed by atoms with Crippen LogP contribution in [0.4, 0.5) is 26.3 Å². The summed E-state index contributed by atoms with van der Waals surface area (Å²) in [6, 6.07) is 15.0. The number of hydrogen-bond acceptors (Lipinski definition) is 4. The monoisotopic (exact) mass is 606 g/mol. The van der Waals surface area contributed by atoms with Gasteiger partial charge < -0.3 is 4.74 Å². The van der Waals surface area contributed by atoms with Gasteiger partial charge in [0.15, 0.2) is 0 Å². The summed E-state index contributed by atoms with van der Waals surface area (Å²) in [5.74, 6) is 0. The van der Waals surface area contributed by atoms with E-state index in [9.17, 15) is 34.8 Å². The second-order valence-electron chi connectivity index (χ2n) is 9.27. The van der Waals surface area contributed by atoms with Crippen molar-refractivity contribution in [3.63, 3.8) is 0 Å². The Kier molecular flexibility index (Phi) is 9.15. The van der Waals surface area contributed by atoms with Crippen LogP contribution in [0, 0.1) is 0 Å². The Balaban J connectivity index is 1.40. The van der Waals surface area contributed by atoms with Crippen LogP contribution in [0.2, 0.25) is 5.02 Å². The molecule has 1 aliphatic heterocycles. The molecule has 3 aromatic carbocycles. The van der Waals surface area contributed by atoms with Crippen molar-refractivity contribution in [1.29, 1.82) is 0 Å². The SMILES string of the molecule is O=S(=O)(c1ccc(C(F)(F)F)cc1)N1CCN(C[C@H](OCc2ccc(C(F)(F)F)cc2)c2ccc(Cl)cc2)CC1. The third-order valence-corrected chi connectivity index (χ3v) is 8.71. The number of sulfonamides is 1. The van der Waals surface area contributed by atoms with Gasteiger partial charge in [-0.3, -0.25) is 4.90 Å². The van der Waals surface area contributed by atoms with Gasteiger partial charge in [-0.2, -0.15) is 30.6 Å². The Morgan fingerprint density at radius 3 is 1.75 bits per heavy atom. The Morgan fingerprint density at radius 1 is 0.750 bits per heavy atom. The molecule has 1 saturated heterocycles. The molecule has 216 valence electrons. The number of nitrogens with zero attached hydrogens (tertiary/aromatic N) is 2. The molecule has 0 unspecified atom stereocenters. The van der Waals surface area contributed by atoms with E-state index in [-0.39, 0.29) is 24.6 Å². The number of benzene rings is 3. The van der Waals surface area contributed by atoms with E-state index in [4.69, 9.17) is 16.3 Å². The highest BCUT2D eigenvalue weighted by atomic mass is 35.5. The van der Waals surface area contributed by atoms with Crippen molar-refractivity contribution in [3.8, 4) is 0 Å². The van der Waals surface area contributed by atoms with Gasteiger partial charge in [0, 0.05) is 37.7 Å². The van der Waals surface area contributed by atoms with Crippen LogP contribution in [0.3, 0.4) is 0 Å². The van der Waals surface area contributed by atoms with Crippen molar-refractivity contribution in [2.45, 2.75) is 30.0 Å². The van der Waals surface area contributed by atoms with E-state index < -0.39 is 39.6 Å². The van der Waals surface area contributed by atoms with Crippen LogP contribution in [0.25, 0.3) is 0 Å². The lowest BCUT2D eigenvalue weighted by atomic mass is 10.1. The Labute approximate surface area is 233 Å². The van der Waals surface area contributed by atoms with E-state index in [0.717, 1.165) is 42.0 Å². The molecule has 0 N–H and O–H groups in total. The third-order valence-electron chi connectivity index (χ3n) is 6.55. The maximum atomic E-state index is 13.0. The quantitative estimate of drug-likeness (QED) is 0.270. The first-order valence-corrected chi connectivity index (χ1v) is 14.0. The van der Waals surface area contributed by atoms with E-state index in [2.05, 4.69) is 0 Å². The van der Waals surface area contributed by atoms with Gasteiger partial charge in [0.05, 0.1) is 28.7 Å². The van der Waals surface area contributed by atoms with Crippen molar-refractivity contribution in [1.82, 2.24) is 9.21 Å². The van der Waals surface area contributed by atoms with Crippen molar-refractivity contribution in [2.75, 3.05) is 32.7 Å². The highest BCUT2D eigenvalue weighted by Gasteiger charge is 2.33. The molecule has 0 radical (unpaired) electrons. The average Bonchev–Trinajstić information content (AvgIpc) is 2.91. The topological polar surface area (TPSA) is 49.9 Å². The van der Waals surface area contributed by atoms with E-state index in [0.29, 0.717) is 30.2 Å². The molecular formula is C27H25ClF6N2O3S. The highest BCUT2D eigenvalue weighted by Crippen LogP contribution is 2.31. The fourth-order valence-electron chi connectivity index (χ4n) is 4.27. The van der Waals surface area contributed by atoms with Crippen molar-refractivity contribution < 1.29 is 39.5 Å². The summed E-state index contributed by atoms with van der Waals surface area (Å²) in [5.41, 5.74) is -0.342. The van der Waals surface area contributed by atoms with Gasteiger partial charge in [0.2, 0.25) is 10.0 Å².